The highest BCUT2D eigenvalue weighted by Gasteiger charge is 2.23. The summed E-state index contributed by atoms with van der Waals surface area (Å²) in [5.74, 6) is 0.658. The lowest BCUT2D eigenvalue weighted by Gasteiger charge is -2.20. The highest BCUT2D eigenvalue weighted by atomic mass is 19.1. The highest BCUT2D eigenvalue weighted by molar-refractivity contribution is 5.10. The van der Waals surface area contributed by atoms with Gasteiger partial charge in [0.2, 0.25) is 0 Å². The van der Waals surface area contributed by atoms with Crippen LogP contribution in [-0.2, 0) is 0 Å². The Morgan fingerprint density at radius 1 is 1.41 bits per heavy atom. The number of nitrogens with zero attached hydrogens (tertiary/aromatic N) is 1. The Morgan fingerprint density at radius 2 is 2.18 bits per heavy atom. The number of aromatic nitrogens is 1. The van der Waals surface area contributed by atoms with Gasteiger partial charge < -0.3 is 5.32 Å². The van der Waals surface area contributed by atoms with Gasteiger partial charge in [-0.05, 0) is 30.9 Å². The van der Waals surface area contributed by atoms with Crippen LogP contribution in [0.15, 0.2) is 18.3 Å². The zero-order chi connectivity index (χ0) is 12.3. The number of pyridine rings is 1. The second-order valence-electron chi connectivity index (χ2n) is 5.30. The van der Waals surface area contributed by atoms with Crippen molar-refractivity contribution < 1.29 is 4.39 Å². The smallest absolute Gasteiger partial charge is 0.141 e. The summed E-state index contributed by atoms with van der Waals surface area (Å²) < 4.78 is 12.9. The molecule has 0 aliphatic heterocycles. The molecule has 0 aromatic carbocycles. The molecule has 94 valence electrons. The molecule has 1 N–H and O–H groups in total. The SMILES string of the molecule is CC(C)NC(CCC1CC1)c1ccc(F)cn1. The molecule has 1 aromatic rings. The van der Waals surface area contributed by atoms with Gasteiger partial charge in [-0.15, -0.1) is 0 Å². The minimum Gasteiger partial charge on any atom is -0.306 e. The van der Waals surface area contributed by atoms with Crippen LogP contribution in [0, 0.1) is 11.7 Å². The number of rotatable bonds is 6. The molecule has 0 spiro atoms. The Bertz CT molecular complexity index is 344. The molecule has 2 rings (SSSR count). The second kappa shape index (κ2) is 5.58. The van der Waals surface area contributed by atoms with Crippen molar-refractivity contribution in [3.63, 3.8) is 0 Å². The molecule has 1 aromatic heterocycles. The predicted molar refractivity (Wildman–Crippen MR) is 67.2 cm³/mol. The molecule has 1 fully saturated rings. The summed E-state index contributed by atoms with van der Waals surface area (Å²) in [7, 11) is 0. The van der Waals surface area contributed by atoms with Crippen LogP contribution in [0.5, 0.6) is 0 Å². The van der Waals surface area contributed by atoms with Gasteiger partial charge in [-0.1, -0.05) is 26.7 Å². The van der Waals surface area contributed by atoms with E-state index >= 15 is 0 Å². The zero-order valence-electron chi connectivity index (χ0n) is 10.6. The van der Waals surface area contributed by atoms with E-state index in [4.69, 9.17) is 0 Å². The Morgan fingerprint density at radius 3 is 2.71 bits per heavy atom. The lowest BCUT2D eigenvalue weighted by molar-refractivity contribution is 0.423. The van der Waals surface area contributed by atoms with Crippen LogP contribution in [0.3, 0.4) is 0 Å². The number of nitrogens with one attached hydrogen (secondary N) is 1. The van der Waals surface area contributed by atoms with Gasteiger partial charge >= 0.3 is 0 Å². The second-order valence-corrected chi connectivity index (χ2v) is 5.30. The summed E-state index contributed by atoms with van der Waals surface area (Å²) in [4.78, 5) is 4.19. The third-order valence-corrected chi connectivity index (χ3v) is 3.20. The average molecular weight is 236 g/mol. The maximum atomic E-state index is 12.9. The van der Waals surface area contributed by atoms with E-state index in [1.165, 1.54) is 31.5 Å². The van der Waals surface area contributed by atoms with Gasteiger partial charge in [0, 0.05) is 12.1 Å². The van der Waals surface area contributed by atoms with E-state index in [2.05, 4.69) is 24.1 Å². The number of halogens is 1. The van der Waals surface area contributed by atoms with E-state index in [1.807, 2.05) is 0 Å². The highest BCUT2D eigenvalue weighted by Crippen LogP contribution is 2.35. The van der Waals surface area contributed by atoms with Gasteiger partial charge in [0.25, 0.3) is 0 Å². The van der Waals surface area contributed by atoms with E-state index < -0.39 is 0 Å². The molecule has 0 saturated heterocycles. The van der Waals surface area contributed by atoms with Crippen LogP contribution in [-0.4, -0.2) is 11.0 Å². The van der Waals surface area contributed by atoms with Crippen LogP contribution >= 0.6 is 0 Å². The minimum absolute atomic E-state index is 0.260. The molecule has 2 nitrogen and oxygen atoms in total. The first-order valence-corrected chi connectivity index (χ1v) is 6.52. The van der Waals surface area contributed by atoms with Crippen LogP contribution in [0.1, 0.15) is 51.3 Å². The van der Waals surface area contributed by atoms with Crippen molar-refractivity contribution in [2.24, 2.45) is 5.92 Å². The molecule has 0 bridgehead atoms. The Kier molecular flexibility index (Phi) is 4.11. The lowest BCUT2D eigenvalue weighted by Crippen LogP contribution is -2.28. The van der Waals surface area contributed by atoms with Crippen molar-refractivity contribution in [1.29, 1.82) is 0 Å². The first kappa shape index (κ1) is 12.5. The first-order chi connectivity index (χ1) is 8.15. The summed E-state index contributed by atoms with van der Waals surface area (Å²) in [6, 6.07) is 3.97. The lowest BCUT2D eigenvalue weighted by atomic mass is 10.0. The fourth-order valence-electron chi connectivity index (χ4n) is 2.12. The van der Waals surface area contributed by atoms with Crippen LogP contribution in [0.4, 0.5) is 4.39 Å². The van der Waals surface area contributed by atoms with Crippen molar-refractivity contribution in [3.05, 3.63) is 29.8 Å². The summed E-state index contributed by atoms with van der Waals surface area (Å²) in [5, 5.41) is 3.51. The van der Waals surface area contributed by atoms with E-state index in [1.54, 1.807) is 6.07 Å². The van der Waals surface area contributed by atoms with Gasteiger partial charge in [-0.25, -0.2) is 4.39 Å². The molecule has 0 amide bonds. The Hall–Kier alpha value is -0.960. The van der Waals surface area contributed by atoms with E-state index in [9.17, 15) is 4.39 Å². The van der Waals surface area contributed by atoms with Crippen molar-refractivity contribution in [3.8, 4) is 0 Å². The van der Waals surface area contributed by atoms with Gasteiger partial charge in [0.15, 0.2) is 0 Å². The van der Waals surface area contributed by atoms with Crippen molar-refractivity contribution >= 4 is 0 Å². The summed E-state index contributed by atoms with van der Waals surface area (Å²) in [5.41, 5.74) is 0.959. The van der Waals surface area contributed by atoms with Crippen molar-refractivity contribution in [2.75, 3.05) is 0 Å². The van der Waals surface area contributed by atoms with Gasteiger partial charge in [0.05, 0.1) is 11.9 Å². The average Bonchev–Trinajstić information content (AvgIpc) is 3.09. The predicted octanol–water partition coefficient (Wildman–Crippen LogP) is 3.45. The van der Waals surface area contributed by atoms with Crippen molar-refractivity contribution in [2.45, 2.75) is 51.6 Å². The molecule has 1 atom stereocenters. The quantitative estimate of drug-likeness (QED) is 0.818. The number of hydrogen-bond donors (Lipinski definition) is 1. The maximum Gasteiger partial charge on any atom is 0.141 e. The molecule has 3 heteroatoms. The molecule has 1 saturated carbocycles. The van der Waals surface area contributed by atoms with E-state index in [-0.39, 0.29) is 11.9 Å². The summed E-state index contributed by atoms with van der Waals surface area (Å²) >= 11 is 0. The molecule has 17 heavy (non-hydrogen) atoms. The standard InChI is InChI=1S/C14H21FN2/c1-10(2)17-14(7-5-11-3-4-11)13-8-6-12(15)9-16-13/h6,8-11,14,17H,3-5,7H2,1-2H3. The van der Waals surface area contributed by atoms with Crippen molar-refractivity contribution in [1.82, 2.24) is 10.3 Å². The normalized spacial score (nSPS) is 17.4. The third-order valence-electron chi connectivity index (χ3n) is 3.20. The summed E-state index contributed by atoms with van der Waals surface area (Å²) in [6.45, 7) is 4.27. The minimum atomic E-state index is -0.265. The Labute approximate surface area is 103 Å². The molecule has 1 unspecified atom stereocenters. The van der Waals surface area contributed by atoms with Crippen LogP contribution in [0.2, 0.25) is 0 Å². The topological polar surface area (TPSA) is 24.9 Å². The van der Waals surface area contributed by atoms with Gasteiger partial charge in [-0.3, -0.25) is 4.98 Å². The molecule has 0 radical (unpaired) electrons. The third kappa shape index (κ3) is 4.08. The van der Waals surface area contributed by atoms with E-state index in [0.717, 1.165) is 18.0 Å². The fourth-order valence-corrected chi connectivity index (χ4v) is 2.12. The monoisotopic (exact) mass is 236 g/mol. The van der Waals surface area contributed by atoms with E-state index in [0.29, 0.717) is 6.04 Å². The molecular formula is C14H21FN2. The largest absolute Gasteiger partial charge is 0.306 e. The Balaban J connectivity index is 1.99. The first-order valence-electron chi connectivity index (χ1n) is 6.52. The molecule has 1 heterocycles. The van der Waals surface area contributed by atoms with Crippen LogP contribution in [0.25, 0.3) is 0 Å². The molecule has 1 aliphatic carbocycles. The summed E-state index contributed by atoms with van der Waals surface area (Å²) in [6.07, 6.45) is 6.42. The zero-order valence-corrected chi connectivity index (χ0v) is 10.6. The van der Waals surface area contributed by atoms with Gasteiger partial charge in [0.1, 0.15) is 5.82 Å². The number of hydrogen-bond acceptors (Lipinski definition) is 2. The van der Waals surface area contributed by atoms with Gasteiger partial charge in [-0.2, -0.15) is 0 Å². The fraction of sp³-hybridized carbons (Fsp3) is 0.643. The molecular weight excluding hydrogens is 215 g/mol. The van der Waals surface area contributed by atoms with Crippen LogP contribution < -0.4 is 5.32 Å². The maximum absolute atomic E-state index is 12.9. The molecule has 1 aliphatic rings.